The van der Waals surface area contributed by atoms with E-state index in [0.717, 1.165) is 11.3 Å². The summed E-state index contributed by atoms with van der Waals surface area (Å²) in [4.78, 5) is 0. The summed E-state index contributed by atoms with van der Waals surface area (Å²) < 4.78 is 5.94. The van der Waals surface area contributed by atoms with E-state index in [0.29, 0.717) is 25.0 Å². The highest BCUT2D eigenvalue weighted by Crippen LogP contribution is 2.41. The summed E-state index contributed by atoms with van der Waals surface area (Å²) in [6, 6.07) is 8.41. The van der Waals surface area contributed by atoms with Gasteiger partial charge in [0.25, 0.3) is 0 Å². The zero-order valence-electron chi connectivity index (χ0n) is 12.4. The predicted molar refractivity (Wildman–Crippen MR) is 81.4 cm³/mol. The van der Waals surface area contributed by atoms with E-state index >= 15 is 0 Å². The number of aliphatic hydroxyl groups excluding tert-OH is 2. The van der Waals surface area contributed by atoms with E-state index < -0.39 is 0 Å². The fourth-order valence-electron chi connectivity index (χ4n) is 2.86. The van der Waals surface area contributed by atoms with Crippen molar-refractivity contribution in [3.63, 3.8) is 0 Å². The van der Waals surface area contributed by atoms with Crippen molar-refractivity contribution in [1.29, 1.82) is 0 Å². The van der Waals surface area contributed by atoms with Crippen LogP contribution in [0, 0.1) is 5.92 Å². The molecule has 2 aliphatic carbocycles. The quantitative estimate of drug-likeness (QED) is 0.645. The highest BCUT2D eigenvalue weighted by Gasteiger charge is 2.48. The van der Waals surface area contributed by atoms with E-state index in [1.165, 1.54) is 25.7 Å². The molecule has 21 heavy (non-hydrogen) atoms. The first-order chi connectivity index (χ1) is 10.3. The Bertz CT molecular complexity index is 454. The molecule has 116 valence electrons. The summed E-state index contributed by atoms with van der Waals surface area (Å²) >= 11 is 0. The predicted octanol–water partition coefficient (Wildman–Crippen LogP) is 1.49. The minimum absolute atomic E-state index is 0.136. The van der Waals surface area contributed by atoms with Crippen molar-refractivity contribution in [2.45, 2.75) is 43.7 Å². The van der Waals surface area contributed by atoms with Gasteiger partial charge in [0.2, 0.25) is 0 Å². The van der Waals surface area contributed by atoms with Gasteiger partial charge in [0.1, 0.15) is 12.4 Å². The first-order valence-electron chi connectivity index (χ1n) is 7.97. The summed E-state index contributed by atoms with van der Waals surface area (Å²) in [6.07, 6.45) is 5.46. The largest absolute Gasteiger partial charge is 0.492 e. The van der Waals surface area contributed by atoms with Crippen molar-refractivity contribution < 1.29 is 14.9 Å². The van der Waals surface area contributed by atoms with E-state index in [-0.39, 0.29) is 18.8 Å². The van der Waals surface area contributed by atoms with Crippen LogP contribution in [0.5, 0.6) is 5.75 Å². The number of ether oxygens (including phenoxy) is 1. The Balaban J connectivity index is 1.60. The normalized spacial score (nSPS) is 21.0. The highest BCUT2D eigenvalue weighted by atomic mass is 16.5. The molecule has 4 heteroatoms. The van der Waals surface area contributed by atoms with Crippen LogP contribution in [0.4, 0.5) is 0 Å². The van der Waals surface area contributed by atoms with Gasteiger partial charge in [-0.1, -0.05) is 12.1 Å². The van der Waals surface area contributed by atoms with Crippen LogP contribution in [0.3, 0.4) is 0 Å². The minimum Gasteiger partial charge on any atom is -0.492 e. The molecule has 0 aliphatic heterocycles. The molecule has 0 saturated heterocycles. The molecular formula is C17H25NO3. The monoisotopic (exact) mass is 291 g/mol. The molecule has 3 N–H and O–H groups in total. The van der Waals surface area contributed by atoms with Gasteiger partial charge in [-0.15, -0.1) is 0 Å². The summed E-state index contributed by atoms with van der Waals surface area (Å²) in [5.41, 5.74) is 0.835. The lowest BCUT2D eigenvalue weighted by Gasteiger charge is -2.33. The average molecular weight is 291 g/mol. The van der Waals surface area contributed by atoms with E-state index in [4.69, 9.17) is 9.84 Å². The van der Waals surface area contributed by atoms with Crippen molar-refractivity contribution in [2.24, 2.45) is 5.92 Å². The molecule has 0 heterocycles. The number of rotatable bonds is 9. The molecule has 1 aromatic rings. The van der Waals surface area contributed by atoms with Crippen LogP contribution < -0.4 is 10.1 Å². The van der Waals surface area contributed by atoms with E-state index in [1.54, 1.807) is 0 Å². The molecule has 0 bridgehead atoms. The number of nitrogens with one attached hydrogen (secondary N) is 1. The third-order valence-corrected chi connectivity index (χ3v) is 4.53. The average Bonchev–Trinajstić information content (AvgIpc) is 3.38. The van der Waals surface area contributed by atoms with Crippen molar-refractivity contribution in [1.82, 2.24) is 5.32 Å². The maximum Gasteiger partial charge on any atom is 0.119 e. The van der Waals surface area contributed by atoms with Crippen LogP contribution in [-0.4, -0.2) is 41.6 Å². The standard InChI is InChI=1S/C17H25NO3/c19-10-9-13-1-7-16(8-2-13)21-12-17(11-20,14-3-4-14)18-15-5-6-15/h1-2,7-8,14-15,18-20H,3-6,9-12H2. The van der Waals surface area contributed by atoms with E-state index in [1.807, 2.05) is 24.3 Å². The Kier molecular flexibility index (Phi) is 4.48. The summed E-state index contributed by atoms with van der Waals surface area (Å²) in [6.45, 7) is 0.821. The zero-order valence-corrected chi connectivity index (χ0v) is 12.4. The fourth-order valence-corrected chi connectivity index (χ4v) is 2.86. The van der Waals surface area contributed by atoms with Gasteiger partial charge in [0.15, 0.2) is 0 Å². The number of hydrogen-bond donors (Lipinski definition) is 3. The third kappa shape index (κ3) is 3.76. The smallest absolute Gasteiger partial charge is 0.119 e. The molecular weight excluding hydrogens is 266 g/mol. The van der Waals surface area contributed by atoms with Crippen molar-refractivity contribution in [3.8, 4) is 5.75 Å². The maximum absolute atomic E-state index is 9.89. The fraction of sp³-hybridized carbons (Fsp3) is 0.647. The topological polar surface area (TPSA) is 61.7 Å². The molecule has 4 nitrogen and oxygen atoms in total. The SMILES string of the molecule is OCCc1ccc(OCC(CO)(NC2CC2)C2CC2)cc1. The molecule has 3 rings (SSSR count). The van der Waals surface area contributed by atoms with Crippen LogP contribution in [0.15, 0.2) is 24.3 Å². The van der Waals surface area contributed by atoms with Crippen molar-refractivity contribution >= 4 is 0 Å². The molecule has 2 aliphatic rings. The van der Waals surface area contributed by atoms with E-state index in [9.17, 15) is 5.11 Å². The first kappa shape index (κ1) is 14.8. The molecule has 1 aromatic carbocycles. The second kappa shape index (κ2) is 6.34. The molecule has 0 amide bonds. The van der Waals surface area contributed by atoms with Crippen LogP contribution in [0.2, 0.25) is 0 Å². The molecule has 0 spiro atoms. The van der Waals surface area contributed by atoms with Crippen LogP contribution >= 0.6 is 0 Å². The van der Waals surface area contributed by atoms with Crippen LogP contribution in [0.1, 0.15) is 31.2 Å². The molecule has 1 unspecified atom stereocenters. The van der Waals surface area contributed by atoms with E-state index in [2.05, 4.69) is 5.32 Å². The van der Waals surface area contributed by atoms with Gasteiger partial charge in [-0.05, 0) is 55.7 Å². The first-order valence-corrected chi connectivity index (χ1v) is 7.97. The van der Waals surface area contributed by atoms with Gasteiger partial charge in [0.05, 0.1) is 12.1 Å². The zero-order chi connectivity index (χ0) is 14.7. The highest BCUT2D eigenvalue weighted by molar-refractivity contribution is 5.27. The van der Waals surface area contributed by atoms with Crippen molar-refractivity contribution in [3.05, 3.63) is 29.8 Å². The van der Waals surface area contributed by atoms with Gasteiger partial charge >= 0.3 is 0 Å². The summed E-state index contributed by atoms with van der Waals surface area (Å²) in [7, 11) is 0. The third-order valence-electron chi connectivity index (χ3n) is 4.53. The van der Waals surface area contributed by atoms with Gasteiger partial charge in [-0.3, -0.25) is 0 Å². The number of hydrogen-bond acceptors (Lipinski definition) is 4. The van der Waals surface area contributed by atoms with Gasteiger partial charge < -0.3 is 20.3 Å². The second-order valence-corrected chi connectivity index (χ2v) is 6.41. The molecule has 2 saturated carbocycles. The Morgan fingerprint density at radius 1 is 1.10 bits per heavy atom. The lowest BCUT2D eigenvalue weighted by molar-refractivity contribution is 0.0831. The Morgan fingerprint density at radius 2 is 1.81 bits per heavy atom. The van der Waals surface area contributed by atoms with Crippen LogP contribution in [0.25, 0.3) is 0 Å². The second-order valence-electron chi connectivity index (χ2n) is 6.41. The van der Waals surface area contributed by atoms with Crippen molar-refractivity contribution in [2.75, 3.05) is 19.8 Å². The number of aliphatic hydroxyl groups is 2. The molecule has 0 aromatic heterocycles. The van der Waals surface area contributed by atoms with Gasteiger partial charge in [-0.2, -0.15) is 0 Å². The Labute approximate surface area is 126 Å². The lowest BCUT2D eigenvalue weighted by atomic mass is 9.95. The number of benzene rings is 1. The Morgan fingerprint density at radius 3 is 2.33 bits per heavy atom. The minimum atomic E-state index is -0.273. The lowest BCUT2D eigenvalue weighted by Crippen LogP contribution is -2.56. The maximum atomic E-state index is 9.89. The molecule has 2 fully saturated rings. The summed E-state index contributed by atoms with van der Waals surface area (Å²) in [5, 5.41) is 22.4. The molecule has 1 atom stereocenters. The summed E-state index contributed by atoms with van der Waals surface area (Å²) in [5.74, 6) is 1.37. The molecule has 0 radical (unpaired) electrons. The van der Waals surface area contributed by atoms with Gasteiger partial charge in [0, 0.05) is 12.6 Å². The Hall–Kier alpha value is -1.10. The van der Waals surface area contributed by atoms with Crippen LogP contribution in [-0.2, 0) is 6.42 Å². The van der Waals surface area contributed by atoms with Gasteiger partial charge in [-0.25, -0.2) is 0 Å².